The van der Waals surface area contributed by atoms with E-state index in [2.05, 4.69) is 18.7 Å². The fourth-order valence-electron chi connectivity index (χ4n) is 3.33. The molecule has 0 spiro atoms. The van der Waals surface area contributed by atoms with Crippen LogP contribution in [-0.2, 0) is 4.74 Å². The van der Waals surface area contributed by atoms with Crippen LogP contribution in [0, 0.1) is 0 Å². The Bertz CT molecular complexity index is 236. The van der Waals surface area contributed by atoms with Crippen molar-refractivity contribution in [1.29, 1.82) is 0 Å². The molecule has 2 fully saturated rings. The lowest BCUT2D eigenvalue weighted by molar-refractivity contribution is -0.0330. The maximum absolute atomic E-state index is 6.10. The second kappa shape index (κ2) is 5.68. The quantitative estimate of drug-likeness (QED) is 0.800. The molecule has 1 heterocycles. The summed E-state index contributed by atoms with van der Waals surface area (Å²) < 4.78 is 6.10. The van der Waals surface area contributed by atoms with Crippen LogP contribution >= 0.6 is 0 Å². The number of nitrogens with two attached hydrogens (primary N) is 1. The summed E-state index contributed by atoms with van der Waals surface area (Å²) in [6, 6.07) is 0.769. The monoisotopic (exact) mass is 240 g/mol. The number of nitrogens with zero attached hydrogens (tertiary/aromatic N) is 1. The van der Waals surface area contributed by atoms with Gasteiger partial charge in [-0.1, -0.05) is 12.8 Å². The molecule has 0 aromatic carbocycles. The molecular formula is C14H28N2O. The first-order chi connectivity index (χ1) is 8.11. The van der Waals surface area contributed by atoms with Crippen molar-refractivity contribution < 1.29 is 4.74 Å². The Morgan fingerprint density at radius 1 is 1.24 bits per heavy atom. The van der Waals surface area contributed by atoms with E-state index in [1.807, 2.05) is 0 Å². The summed E-state index contributed by atoms with van der Waals surface area (Å²) in [5.41, 5.74) is 5.83. The first kappa shape index (κ1) is 13.3. The summed E-state index contributed by atoms with van der Waals surface area (Å²) in [6.45, 7) is 7.30. The number of ether oxygens (including phenoxy) is 1. The fraction of sp³-hybridized carbons (Fsp3) is 1.00. The minimum Gasteiger partial charge on any atom is -0.371 e. The molecule has 0 amide bonds. The Balaban J connectivity index is 1.84. The average Bonchev–Trinajstić information content (AvgIpc) is 2.87. The lowest BCUT2D eigenvalue weighted by Crippen LogP contribution is -2.42. The molecular weight excluding hydrogens is 212 g/mol. The van der Waals surface area contributed by atoms with E-state index in [9.17, 15) is 0 Å². The summed E-state index contributed by atoms with van der Waals surface area (Å²) in [6.07, 6.45) is 8.33. The average molecular weight is 240 g/mol. The van der Waals surface area contributed by atoms with Crippen molar-refractivity contribution in [2.24, 2.45) is 5.73 Å². The van der Waals surface area contributed by atoms with Crippen LogP contribution in [0.1, 0.15) is 52.4 Å². The normalized spacial score (nSPS) is 29.3. The molecule has 2 aliphatic rings. The van der Waals surface area contributed by atoms with E-state index in [1.54, 1.807) is 0 Å². The lowest BCUT2D eigenvalue weighted by Gasteiger charge is -2.31. The van der Waals surface area contributed by atoms with Crippen LogP contribution in [-0.4, -0.2) is 42.3 Å². The predicted molar refractivity (Wildman–Crippen MR) is 71.1 cm³/mol. The summed E-state index contributed by atoms with van der Waals surface area (Å²) >= 11 is 0. The number of hydrogen-bond donors (Lipinski definition) is 1. The van der Waals surface area contributed by atoms with Gasteiger partial charge in [-0.05, 0) is 39.5 Å². The molecule has 0 aromatic rings. The highest BCUT2D eigenvalue weighted by Gasteiger charge is 2.34. The van der Waals surface area contributed by atoms with Gasteiger partial charge in [-0.2, -0.15) is 0 Å². The maximum Gasteiger partial charge on any atom is 0.0710 e. The largest absolute Gasteiger partial charge is 0.371 e. The van der Waals surface area contributed by atoms with Gasteiger partial charge in [0.1, 0.15) is 0 Å². The zero-order valence-electron chi connectivity index (χ0n) is 11.5. The third-order valence-corrected chi connectivity index (χ3v) is 4.25. The van der Waals surface area contributed by atoms with Crippen LogP contribution in [0.15, 0.2) is 0 Å². The fourth-order valence-corrected chi connectivity index (χ4v) is 3.33. The van der Waals surface area contributed by atoms with Gasteiger partial charge in [-0.15, -0.1) is 0 Å². The Morgan fingerprint density at radius 3 is 2.47 bits per heavy atom. The maximum atomic E-state index is 6.10. The van der Waals surface area contributed by atoms with Gasteiger partial charge >= 0.3 is 0 Å². The highest BCUT2D eigenvalue weighted by Crippen LogP contribution is 2.31. The SMILES string of the molecule is CC1(C)CCC(CN(CCN)C2CCCC2)O1. The number of hydrogen-bond acceptors (Lipinski definition) is 3. The van der Waals surface area contributed by atoms with Crippen molar-refractivity contribution in [1.82, 2.24) is 4.90 Å². The van der Waals surface area contributed by atoms with Gasteiger partial charge in [0, 0.05) is 25.7 Å². The molecule has 1 saturated heterocycles. The van der Waals surface area contributed by atoms with Gasteiger partial charge in [0.25, 0.3) is 0 Å². The molecule has 1 unspecified atom stereocenters. The summed E-state index contributed by atoms with van der Waals surface area (Å²) in [5, 5.41) is 0. The van der Waals surface area contributed by atoms with E-state index in [1.165, 1.54) is 38.5 Å². The molecule has 1 saturated carbocycles. The summed E-state index contributed by atoms with van der Waals surface area (Å²) in [7, 11) is 0. The van der Waals surface area contributed by atoms with Gasteiger partial charge in [-0.25, -0.2) is 0 Å². The second-order valence-corrected chi connectivity index (χ2v) is 6.26. The highest BCUT2D eigenvalue weighted by molar-refractivity contribution is 4.85. The Labute approximate surface area is 106 Å². The minimum absolute atomic E-state index is 0.0920. The highest BCUT2D eigenvalue weighted by atomic mass is 16.5. The van der Waals surface area contributed by atoms with Crippen LogP contribution in [0.5, 0.6) is 0 Å². The first-order valence-corrected chi connectivity index (χ1v) is 7.23. The van der Waals surface area contributed by atoms with Crippen molar-refractivity contribution >= 4 is 0 Å². The molecule has 0 radical (unpaired) electrons. The molecule has 2 N–H and O–H groups in total. The van der Waals surface area contributed by atoms with Crippen molar-refractivity contribution in [2.75, 3.05) is 19.6 Å². The van der Waals surface area contributed by atoms with E-state index < -0.39 is 0 Å². The standard InChI is InChI=1S/C14H28N2O/c1-14(2)8-7-13(17-14)11-16(10-9-15)12-5-3-4-6-12/h12-13H,3-11,15H2,1-2H3. The van der Waals surface area contributed by atoms with E-state index in [4.69, 9.17) is 10.5 Å². The zero-order valence-corrected chi connectivity index (χ0v) is 11.5. The van der Waals surface area contributed by atoms with Gasteiger partial charge < -0.3 is 10.5 Å². The molecule has 2 rings (SSSR count). The molecule has 3 heteroatoms. The van der Waals surface area contributed by atoms with Crippen LogP contribution in [0.25, 0.3) is 0 Å². The molecule has 3 nitrogen and oxygen atoms in total. The van der Waals surface area contributed by atoms with E-state index in [0.29, 0.717) is 6.10 Å². The van der Waals surface area contributed by atoms with Gasteiger partial charge in [0.15, 0.2) is 0 Å². The molecule has 0 aromatic heterocycles. The van der Waals surface area contributed by atoms with Crippen LogP contribution in [0.3, 0.4) is 0 Å². The Morgan fingerprint density at radius 2 is 1.94 bits per heavy atom. The third kappa shape index (κ3) is 3.67. The third-order valence-electron chi connectivity index (χ3n) is 4.25. The van der Waals surface area contributed by atoms with Crippen molar-refractivity contribution in [3.63, 3.8) is 0 Å². The minimum atomic E-state index is 0.0920. The van der Waals surface area contributed by atoms with Crippen LogP contribution in [0.2, 0.25) is 0 Å². The van der Waals surface area contributed by atoms with Crippen LogP contribution < -0.4 is 5.73 Å². The van der Waals surface area contributed by atoms with E-state index in [-0.39, 0.29) is 5.60 Å². The Hall–Kier alpha value is -0.120. The van der Waals surface area contributed by atoms with Crippen molar-refractivity contribution in [3.05, 3.63) is 0 Å². The van der Waals surface area contributed by atoms with E-state index in [0.717, 1.165) is 25.7 Å². The topological polar surface area (TPSA) is 38.5 Å². The van der Waals surface area contributed by atoms with Gasteiger partial charge in [-0.3, -0.25) is 4.90 Å². The lowest BCUT2D eigenvalue weighted by atomic mass is 10.1. The molecule has 1 atom stereocenters. The smallest absolute Gasteiger partial charge is 0.0710 e. The summed E-state index contributed by atoms with van der Waals surface area (Å²) in [5.74, 6) is 0. The molecule has 100 valence electrons. The Kier molecular flexibility index (Phi) is 4.45. The van der Waals surface area contributed by atoms with E-state index >= 15 is 0 Å². The van der Waals surface area contributed by atoms with Gasteiger partial charge in [0.2, 0.25) is 0 Å². The van der Waals surface area contributed by atoms with Crippen molar-refractivity contribution in [3.8, 4) is 0 Å². The predicted octanol–water partition coefficient (Wildman–Crippen LogP) is 2.15. The molecule has 1 aliphatic carbocycles. The second-order valence-electron chi connectivity index (χ2n) is 6.26. The molecule has 0 bridgehead atoms. The van der Waals surface area contributed by atoms with Gasteiger partial charge in [0.05, 0.1) is 11.7 Å². The molecule has 1 aliphatic heterocycles. The first-order valence-electron chi connectivity index (χ1n) is 7.23. The number of rotatable bonds is 5. The zero-order chi connectivity index (χ0) is 12.3. The van der Waals surface area contributed by atoms with Crippen LogP contribution in [0.4, 0.5) is 0 Å². The summed E-state index contributed by atoms with van der Waals surface area (Å²) in [4.78, 5) is 2.58. The van der Waals surface area contributed by atoms with Crippen molar-refractivity contribution in [2.45, 2.75) is 70.1 Å². The molecule has 17 heavy (non-hydrogen) atoms.